The van der Waals surface area contributed by atoms with Crippen LogP contribution in [-0.4, -0.2) is 18.9 Å². The molecule has 2 nitrogen and oxygen atoms in total. The lowest BCUT2D eigenvalue weighted by Crippen LogP contribution is -2.23. The van der Waals surface area contributed by atoms with E-state index < -0.39 is 11.9 Å². The molecule has 0 radical (unpaired) electrons. The van der Waals surface area contributed by atoms with Gasteiger partial charge in [0.05, 0.1) is 0 Å². The van der Waals surface area contributed by atoms with E-state index in [9.17, 15) is 13.2 Å². The van der Waals surface area contributed by atoms with Gasteiger partial charge in [-0.3, -0.25) is 5.41 Å². The van der Waals surface area contributed by atoms with E-state index >= 15 is 0 Å². The van der Waals surface area contributed by atoms with Crippen LogP contribution in [0.3, 0.4) is 0 Å². The maximum Gasteiger partial charge on any atom is 0.433 e. The van der Waals surface area contributed by atoms with E-state index in [1.807, 2.05) is 0 Å². The van der Waals surface area contributed by atoms with Gasteiger partial charge in [-0.25, -0.2) is 0 Å². The second-order valence-electron chi connectivity index (χ2n) is 3.17. The molecule has 0 spiro atoms. The van der Waals surface area contributed by atoms with Crippen LogP contribution in [0.15, 0.2) is 18.2 Å². The van der Waals surface area contributed by atoms with Crippen molar-refractivity contribution in [2.45, 2.75) is 13.1 Å². The van der Waals surface area contributed by atoms with Crippen LogP contribution < -0.4 is 5.32 Å². The van der Waals surface area contributed by atoms with Crippen molar-refractivity contribution in [3.05, 3.63) is 29.3 Å². The van der Waals surface area contributed by atoms with Gasteiger partial charge in [-0.1, -0.05) is 12.1 Å². The summed E-state index contributed by atoms with van der Waals surface area (Å²) in [6, 6.07) is 4.43. The maximum atomic E-state index is 12.3. The van der Waals surface area contributed by atoms with E-state index in [4.69, 9.17) is 5.41 Å². The van der Waals surface area contributed by atoms with Gasteiger partial charge in [0.15, 0.2) is 0 Å². The minimum atomic E-state index is -4.61. The third-order valence-corrected chi connectivity index (χ3v) is 2.00. The molecule has 0 bridgehead atoms. The molecule has 0 amide bonds. The molecular weight excluding hydrogens is 205 g/mol. The SMILES string of the molecule is CNc1cc(C)ccc1C(=N)C(F)(F)F. The fourth-order valence-corrected chi connectivity index (χ4v) is 1.24. The number of rotatable bonds is 2. The minimum Gasteiger partial charge on any atom is -0.388 e. The lowest BCUT2D eigenvalue weighted by Gasteiger charge is -2.13. The Morgan fingerprint density at radius 3 is 2.40 bits per heavy atom. The van der Waals surface area contributed by atoms with Gasteiger partial charge < -0.3 is 5.32 Å². The van der Waals surface area contributed by atoms with Crippen LogP contribution in [0.4, 0.5) is 18.9 Å². The van der Waals surface area contributed by atoms with Gasteiger partial charge in [-0.05, 0) is 18.6 Å². The van der Waals surface area contributed by atoms with E-state index in [0.29, 0.717) is 5.69 Å². The quantitative estimate of drug-likeness (QED) is 0.732. The average molecular weight is 216 g/mol. The molecule has 2 N–H and O–H groups in total. The molecule has 0 aliphatic heterocycles. The number of nitrogens with one attached hydrogen (secondary N) is 2. The molecule has 0 aliphatic carbocycles. The summed E-state index contributed by atoms with van der Waals surface area (Å²) in [4.78, 5) is 0. The summed E-state index contributed by atoms with van der Waals surface area (Å²) >= 11 is 0. The molecule has 0 saturated carbocycles. The molecule has 1 aromatic carbocycles. The van der Waals surface area contributed by atoms with Crippen molar-refractivity contribution in [1.29, 1.82) is 5.41 Å². The molecular formula is C10H11F3N2. The zero-order chi connectivity index (χ0) is 11.6. The maximum absolute atomic E-state index is 12.3. The lowest BCUT2D eigenvalue weighted by atomic mass is 10.0. The van der Waals surface area contributed by atoms with Gasteiger partial charge in [-0.2, -0.15) is 13.2 Å². The van der Waals surface area contributed by atoms with Crippen molar-refractivity contribution in [2.75, 3.05) is 12.4 Å². The third-order valence-electron chi connectivity index (χ3n) is 2.00. The first-order valence-electron chi connectivity index (χ1n) is 4.30. The van der Waals surface area contributed by atoms with Crippen molar-refractivity contribution in [3.63, 3.8) is 0 Å². The van der Waals surface area contributed by atoms with Crippen LogP contribution in [-0.2, 0) is 0 Å². The predicted molar refractivity (Wildman–Crippen MR) is 53.6 cm³/mol. The molecule has 0 aliphatic rings. The van der Waals surface area contributed by atoms with Crippen LogP contribution in [0.2, 0.25) is 0 Å². The normalized spacial score (nSPS) is 11.3. The predicted octanol–water partition coefficient (Wildman–Crippen LogP) is 2.97. The Balaban J connectivity index is 3.20. The highest BCUT2D eigenvalue weighted by molar-refractivity contribution is 6.06. The summed E-state index contributed by atoms with van der Waals surface area (Å²) in [5.74, 6) is 0. The first-order chi connectivity index (χ1) is 6.86. The highest BCUT2D eigenvalue weighted by Gasteiger charge is 2.36. The molecule has 15 heavy (non-hydrogen) atoms. The standard InChI is InChI=1S/C10H11F3N2/c1-6-3-4-7(8(5-6)15-2)9(14)10(11,12)13/h3-5,14-15H,1-2H3. The van der Waals surface area contributed by atoms with Crippen LogP contribution in [0.1, 0.15) is 11.1 Å². The van der Waals surface area contributed by atoms with Crippen molar-refractivity contribution >= 4 is 11.4 Å². The smallest absolute Gasteiger partial charge is 0.388 e. The summed E-state index contributed by atoms with van der Waals surface area (Å²) < 4.78 is 36.9. The Morgan fingerprint density at radius 2 is 1.93 bits per heavy atom. The molecule has 0 heterocycles. The largest absolute Gasteiger partial charge is 0.433 e. The van der Waals surface area contributed by atoms with E-state index in [1.165, 1.54) is 13.1 Å². The van der Waals surface area contributed by atoms with Crippen molar-refractivity contribution in [3.8, 4) is 0 Å². The molecule has 82 valence electrons. The molecule has 1 rings (SSSR count). The summed E-state index contributed by atoms with van der Waals surface area (Å²) in [5.41, 5.74) is -0.294. The first kappa shape index (κ1) is 11.6. The number of aryl methyl sites for hydroxylation is 1. The van der Waals surface area contributed by atoms with Crippen molar-refractivity contribution in [1.82, 2.24) is 0 Å². The lowest BCUT2D eigenvalue weighted by molar-refractivity contribution is -0.0587. The fourth-order valence-electron chi connectivity index (χ4n) is 1.24. The summed E-state index contributed by atoms with van der Waals surface area (Å²) in [6.07, 6.45) is -4.61. The molecule has 0 atom stereocenters. The molecule has 0 aromatic heterocycles. The summed E-state index contributed by atoms with van der Waals surface area (Å²) in [6.45, 7) is 1.78. The molecule has 0 fully saturated rings. The Hall–Kier alpha value is -1.52. The number of hydrogen-bond acceptors (Lipinski definition) is 2. The zero-order valence-electron chi connectivity index (χ0n) is 8.37. The van der Waals surface area contributed by atoms with Crippen LogP contribution in [0.25, 0.3) is 0 Å². The highest BCUT2D eigenvalue weighted by Crippen LogP contribution is 2.26. The van der Waals surface area contributed by atoms with Gasteiger partial charge in [-0.15, -0.1) is 0 Å². The molecule has 5 heteroatoms. The second-order valence-corrected chi connectivity index (χ2v) is 3.17. The van der Waals surface area contributed by atoms with Gasteiger partial charge in [0.1, 0.15) is 5.71 Å². The van der Waals surface area contributed by atoms with Gasteiger partial charge in [0, 0.05) is 18.3 Å². The molecule has 0 saturated heterocycles. The Morgan fingerprint density at radius 1 is 1.33 bits per heavy atom. The van der Waals surface area contributed by atoms with Crippen molar-refractivity contribution < 1.29 is 13.2 Å². The fraction of sp³-hybridized carbons (Fsp3) is 0.300. The second kappa shape index (κ2) is 3.92. The number of anilines is 1. The molecule has 0 unspecified atom stereocenters. The third kappa shape index (κ3) is 2.49. The monoisotopic (exact) mass is 216 g/mol. The first-order valence-corrected chi connectivity index (χ1v) is 4.30. The number of benzene rings is 1. The van der Waals surface area contributed by atoms with Crippen LogP contribution in [0.5, 0.6) is 0 Å². The zero-order valence-corrected chi connectivity index (χ0v) is 8.37. The van der Waals surface area contributed by atoms with Gasteiger partial charge in [0.2, 0.25) is 0 Å². The summed E-state index contributed by atoms with van der Waals surface area (Å²) in [7, 11) is 1.53. The van der Waals surface area contributed by atoms with Crippen LogP contribution in [0, 0.1) is 12.3 Å². The highest BCUT2D eigenvalue weighted by atomic mass is 19.4. The van der Waals surface area contributed by atoms with E-state index in [1.54, 1.807) is 19.1 Å². The van der Waals surface area contributed by atoms with E-state index in [0.717, 1.165) is 5.56 Å². The Kier molecular flexibility index (Phi) is 3.02. The molecule has 1 aromatic rings. The number of hydrogen-bond donors (Lipinski definition) is 2. The average Bonchev–Trinajstić information content (AvgIpc) is 2.15. The van der Waals surface area contributed by atoms with Crippen LogP contribution >= 0.6 is 0 Å². The van der Waals surface area contributed by atoms with Crippen molar-refractivity contribution in [2.24, 2.45) is 0 Å². The summed E-state index contributed by atoms with van der Waals surface area (Å²) in [5, 5.41) is 9.68. The minimum absolute atomic E-state index is 0.129. The topological polar surface area (TPSA) is 35.9 Å². The van der Waals surface area contributed by atoms with E-state index in [2.05, 4.69) is 5.32 Å². The Bertz CT molecular complexity index is 383. The number of alkyl halides is 3. The Labute approximate surface area is 85.6 Å². The van der Waals surface area contributed by atoms with Gasteiger partial charge >= 0.3 is 6.18 Å². The van der Waals surface area contributed by atoms with E-state index in [-0.39, 0.29) is 5.56 Å². The number of halogens is 3. The van der Waals surface area contributed by atoms with Gasteiger partial charge in [0.25, 0.3) is 0 Å².